The highest BCUT2D eigenvalue weighted by molar-refractivity contribution is 5.95. The molecular weight excluding hydrogens is 296 g/mol. The smallest absolute Gasteiger partial charge is 0.239 e. The molecule has 3 rings (SSSR count). The van der Waals surface area contributed by atoms with Crippen LogP contribution in [0.2, 0.25) is 0 Å². The number of rotatable bonds is 7. The average molecular weight is 318 g/mol. The van der Waals surface area contributed by atoms with Gasteiger partial charge in [0, 0.05) is 17.6 Å². The van der Waals surface area contributed by atoms with Crippen molar-refractivity contribution >= 4 is 22.4 Å². The Morgan fingerprint density at radius 2 is 1.58 bits per heavy atom. The Labute approximate surface area is 142 Å². The zero-order chi connectivity index (χ0) is 16.6. The fraction of sp³-hybridized carbons (Fsp3) is 0.190. The number of amides is 1. The van der Waals surface area contributed by atoms with Crippen LogP contribution in [-0.4, -0.2) is 19.0 Å². The minimum Gasteiger partial charge on any atom is -0.376 e. The van der Waals surface area contributed by atoms with Crippen LogP contribution in [0.4, 0.5) is 5.69 Å². The Balaban J connectivity index is 1.44. The third-order valence-corrected chi connectivity index (χ3v) is 4.04. The number of benzene rings is 3. The van der Waals surface area contributed by atoms with Crippen LogP contribution in [0.1, 0.15) is 12.0 Å². The lowest BCUT2D eigenvalue weighted by Crippen LogP contribution is -2.30. The normalized spacial score (nSPS) is 10.5. The van der Waals surface area contributed by atoms with Gasteiger partial charge in [-0.1, -0.05) is 66.7 Å². The maximum Gasteiger partial charge on any atom is 0.239 e. The van der Waals surface area contributed by atoms with Crippen molar-refractivity contribution in [3.8, 4) is 0 Å². The van der Waals surface area contributed by atoms with E-state index in [0.29, 0.717) is 13.1 Å². The van der Waals surface area contributed by atoms with Crippen LogP contribution in [0.15, 0.2) is 72.8 Å². The van der Waals surface area contributed by atoms with Crippen molar-refractivity contribution in [1.29, 1.82) is 0 Å². The summed E-state index contributed by atoms with van der Waals surface area (Å²) in [5, 5.41) is 8.51. The highest BCUT2D eigenvalue weighted by Crippen LogP contribution is 2.22. The number of carbonyl (C=O) groups excluding carboxylic acids is 1. The second-order valence-corrected chi connectivity index (χ2v) is 5.82. The molecule has 0 heterocycles. The molecule has 0 saturated carbocycles. The first kappa shape index (κ1) is 16.1. The summed E-state index contributed by atoms with van der Waals surface area (Å²) in [4.78, 5) is 12.0. The zero-order valence-corrected chi connectivity index (χ0v) is 13.7. The molecule has 0 bridgehead atoms. The predicted molar refractivity (Wildman–Crippen MR) is 100 cm³/mol. The van der Waals surface area contributed by atoms with Gasteiger partial charge in [0.05, 0.1) is 6.54 Å². The topological polar surface area (TPSA) is 41.1 Å². The summed E-state index contributed by atoms with van der Waals surface area (Å²) in [5.74, 6) is 0.0241. The van der Waals surface area contributed by atoms with E-state index >= 15 is 0 Å². The number of anilines is 1. The van der Waals surface area contributed by atoms with Crippen molar-refractivity contribution in [2.45, 2.75) is 12.8 Å². The summed E-state index contributed by atoms with van der Waals surface area (Å²) in [5.41, 5.74) is 2.30. The Hall–Kier alpha value is -2.81. The summed E-state index contributed by atoms with van der Waals surface area (Å²) in [6.07, 6.45) is 1.93. The van der Waals surface area contributed by atoms with E-state index in [1.165, 1.54) is 10.9 Å². The molecule has 0 aliphatic heterocycles. The molecule has 2 N–H and O–H groups in total. The average Bonchev–Trinajstić information content (AvgIpc) is 2.64. The van der Waals surface area contributed by atoms with E-state index in [1.807, 2.05) is 42.5 Å². The van der Waals surface area contributed by atoms with Crippen LogP contribution in [0.3, 0.4) is 0 Å². The van der Waals surface area contributed by atoms with Crippen molar-refractivity contribution in [2.24, 2.45) is 0 Å². The summed E-state index contributed by atoms with van der Waals surface area (Å²) in [6, 6.07) is 24.6. The van der Waals surface area contributed by atoms with Gasteiger partial charge in [-0.3, -0.25) is 4.79 Å². The lowest BCUT2D eigenvalue weighted by atomic mass is 10.1. The van der Waals surface area contributed by atoms with Gasteiger partial charge in [-0.05, 0) is 29.9 Å². The summed E-state index contributed by atoms with van der Waals surface area (Å²) >= 11 is 0. The molecular formula is C21H22N2O. The van der Waals surface area contributed by atoms with Gasteiger partial charge < -0.3 is 10.6 Å². The van der Waals surface area contributed by atoms with Crippen LogP contribution in [0.25, 0.3) is 10.8 Å². The second-order valence-electron chi connectivity index (χ2n) is 5.82. The third-order valence-electron chi connectivity index (χ3n) is 4.04. The molecule has 0 saturated heterocycles. The molecule has 0 aliphatic rings. The molecule has 3 aromatic carbocycles. The molecule has 0 atom stereocenters. The van der Waals surface area contributed by atoms with E-state index in [-0.39, 0.29) is 5.91 Å². The quantitative estimate of drug-likeness (QED) is 0.647. The van der Waals surface area contributed by atoms with Crippen molar-refractivity contribution in [3.05, 3.63) is 78.4 Å². The molecule has 0 fully saturated rings. The summed E-state index contributed by atoms with van der Waals surface area (Å²) < 4.78 is 0. The first-order valence-corrected chi connectivity index (χ1v) is 8.35. The number of aryl methyl sites for hydroxylation is 1. The molecule has 3 nitrogen and oxygen atoms in total. The minimum absolute atomic E-state index is 0.0241. The molecule has 0 radical (unpaired) electrons. The summed E-state index contributed by atoms with van der Waals surface area (Å²) in [6.45, 7) is 0.990. The molecule has 24 heavy (non-hydrogen) atoms. The van der Waals surface area contributed by atoms with Gasteiger partial charge in [0.15, 0.2) is 0 Å². The number of hydrogen-bond donors (Lipinski definition) is 2. The van der Waals surface area contributed by atoms with Gasteiger partial charge in [0.25, 0.3) is 0 Å². The molecule has 3 aromatic rings. The Kier molecular flexibility index (Phi) is 5.46. The molecule has 1 amide bonds. The Bertz CT molecular complexity index is 794. The lowest BCUT2D eigenvalue weighted by Gasteiger charge is -2.10. The number of fused-ring (bicyclic) bond motifs is 1. The first-order chi connectivity index (χ1) is 11.8. The van der Waals surface area contributed by atoms with E-state index in [9.17, 15) is 4.79 Å². The van der Waals surface area contributed by atoms with Crippen molar-refractivity contribution in [2.75, 3.05) is 18.4 Å². The Morgan fingerprint density at radius 3 is 2.46 bits per heavy atom. The highest BCUT2D eigenvalue weighted by Gasteiger charge is 2.03. The van der Waals surface area contributed by atoms with Crippen LogP contribution in [0.5, 0.6) is 0 Å². The molecule has 3 heteroatoms. The predicted octanol–water partition coefficient (Wildman–Crippen LogP) is 4.00. The lowest BCUT2D eigenvalue weighted by molar-refractivity contribution is -0.119. The van der Waals surface area contributed by atoms with E-state index in [1.54, 1.807) is 0 Å². The van der Waals surface area contributed by atoms with Crippen molar-refractivity contribution < 1.29 is 4.79 Å². The van der Waals surface area contributed by atoms with Crippen LogP contribution < -0.4 is 10.6 Å². The minimum atomic E-state index is 0.0241. The zero-order valence-electron chi connectivity index (χ0n) is 13.7. The first-order valence-electron chi connectivity index (χ1n) is 8.35. The molecule has 0 aromatic heterocycles. The van der Waals surface area contributed by atoms with Crippen LogP contribution in [-0.2, 0) is 11.2 Å². The van der Waals surface area contributed by atoms with Crippen molar-refractivity contribution in [1.82, 2.24) is 5.32 Å². The van der Waals surface area contributed by atoms with Gasteiger partial charge in [-0.25, -0.2) is 0 Å². The number of nitrogens with one attached hydrogen (secondary N) is 2. The Morgan fingerprint density at radius 1 is 0.833 bits per heavy atom. The van der Waals surface area contributed by atoms with E-state index in [2.05, 4.69) is 41.0 Å². The van der Waals surface area contributed by atoms with Gasteiger partial charge in [-0.15, -0.1) is 0 Å². The van der Waals surface area contributed by atoms with Gasteiger partial charge in [0.1, 0.15) is 0 Å². The van der Waals surface area contributed by atoms with Crippen LogP contribution in [0, 0.1) is 0 Å². The third kappa shape index (κ3) is 4.35. The van der Waals surface area contributed by atoms with E-state index in [0.717, 1.165) is 23.9 Å². The van der Waals surface area contributed by atoms with Gasteiger partial charge >= 0.3 is 0 Å². The highest BCUT2D eigenvalue weighted by atomic mass is 16.1. The van der Waals surface area contributed by atoms with Gasteiger partial charge in [-0.2, -0.15) is 0 Å². The fourth-order valence-corrected chi connectivity index (χ4v) is 2.78. The van der Waals surface area contributed by atoms with Gasteiger partial charge in [0.2, 0.25) is 5.91 Å². The fourth-order valence-electron chi connectivity index (χ4n) is 2.78. The molecule has 0 spiro atoms. The van der Waals surface area contributed by atoms with E-state index in [4.69, 9.17) is 0 Å². The second kappa shape index (κ2) is 8.16. The molecule has 0 aliphatic carbocycles. The molecule has 122 valence electrons. The van der Waals surface area contributed by atoms with Crippen molar-refractivity contribution in [3.63, 3.8) is 0 Å². The monoisotopic (exact) mass is 318 g/mol. The number of hydrogen-bond acceptors (Lipinski definition) is 2. The standard InChI is InChI=1S/C21H22N2O/c24-21(22-15-7-10-17-8-2-1-3-9-17)16-23-20-14-6-12-18-11-4-5-13-19(18)20/h1-6,8-9,11-14,23H,7,10,15-16H2,(H,22,24). The van der Waals surface area contributed by atoms with E-state index < -0.39 is 0 Å². The number of carbonyl (C=O) groups is 1. The van der Waals surface area contributed by atoms with Crippen LogP contribution >= 0.6 is 0 Å². The molecule has 0 unspecified atom stereocenters. The maximum absolute atomic E-state index is 12.0. The summed E-state index contributed by atoms with van der Waals surface area (Å²) in [7, 11) is 0. The SMILES string of the molecule is O=C(CNc1cccc2ccccc12)NCCCc1ccccc1. The largest absolute Gasteiger partial charge is 0.376 e. The maximum atomic E-state index is 12.0.